The molecule has 1 aromatic rings. The van der Waals surface area contributed by atoms with Crippen LogP contribution in [-0.2, 0) is 16.4 Å². The van der Waals surface area contributed by atoms with Gasteiger partial charge in [0.2, 0.25) is 0 Å². The molecule has 1 aliphatic rings. The molecule has 8 heteroatoms. The summed E-state index contributed by atoms with van der Waals surface area (Å²) in [5, 5.41) is 18.2. The molecule has 2 rings (SSSR count). The fourth-order valence-corrected chi connectivity index (χ4v) is 4.26. The van der Waals surface area contributed by atoms with Crippen LogP contribution in [0.3, 0.4) is 0 Å². The Morgan fingerprint density at radius 2 is 2.10 bits per heavy atom. The van der Waals surface area contributed by atoms with Gasteiger partial charge in [-0.15, -0.1) is 0 Å². The van der Waals surface area contributed by atoms with Crippen LogP contribution in [0.15, 0.2) is 18.2 Å². The Balaban J connectivity index is 2.10. The van der Waals surface area contributed by atoms with E-state index >= 15 is 0 Å². The van der Waals surface area contributed by atoms with Gasteiger partial charge in [-0.2, -0.15) is 0 Å². The second-order valence-electron chi connectivity index (χ2n) is 5.24. The second kappa shape index (κ2) is 5.81. The van der Waals surface area contributed by atoms with E-state index in [1.165, 1.54) is 12.1 Å². The van der Waals surface area contributed by atoms with Crippen molar-refractivity contribution in [2.75, 3.05) is 18.6 Å². The molecule has 1 unspecified atom stereocenters. The molecule has 20 heavy (non-hydrogen) atoms. The molecule has 0 radical (unpaired) electrons. The maximum atomic E-state index is 13.4. The van der Waals surface area contributed by atoms with Gasteiger partial charge in [0.1, 0.15) is 5.82 Å². The first-order valence-corrected chi connectivity index (χ1v) is 8.15. The van der Waals surface area contributed by atoms with E-state index in [9.17, 15) is 12.8 Å². The Hall–Kier alpha value is -0.955. The van der Waals surface area contributed by atoms with E-state index in [1.807, 2.05) is 4.90 Å². The zero-order chi connectivity index (χ0) is 14.9. The number of hydrogen-bond donors (Lipinski definition) is 2. The lowest BCUT2D eigenvalue weighted by atomic mass is 9.79. The fraction of sp³-hybridized carbons (Fsp3) is 0.500. The van der Waals surface area contributed by atoms with Crippen molar-refractivity contribution >= 4 is 22.4 Å². The van der Waals surface area contributed by atoms with Crippen LogP contribution in [0.2, 0.25) is 0 Å². The van der Waals surface area contributed by atoms with Crippen molar-refractivity contribution in [1.82, 2.24) is 4.90 Å². The zero-order valence-corrected chi connectivity index (χ0v) is 12.0. The highest BCUT2D eigenvalue weighted by atomic mass is 32.2. The molecule has 0 aromatic heterocycles. The molecule has 1 aliphatic heterocycles. The van der Waals surface area contributed by atoms with E-state index in [0.717, 1.165) is 6.07 Å². The smallest absolute Gasteiger partial charge is 0.423 e. The quantitative estimate of drug-likeness (QED) is 0.707. The molecule has 0 bridgehead atoms. The third-order valence-corrected chi connectivity index (χ3v) is 5.29. The third kappa shape index (κ3) is 3.79. The summed E-state index contributed by atoms with van der Waals surface area (Å²) in [6, 6.07) is 3.80. The van der Waals surface area contributed by atoms with Crippen molar-refractivity contribution in [1.29, 1.82) is 0 Å². The van der Waals surface area contributed by atoms with Crippen molar-refractivity contribution in [3.63, 3.8) is 0 Å². The van der Waals surface area contributed by atoms with E-state index < -0.39 is 22.8 Å². The Labute approximate surface area is 118 Å². The predicted molar refractivity (Wildman–Crippen MR) is 74.8 cm³/mol. The molecule has 1 saturated heterocycles. The van der Waals surface area contributed by atoms with Gasteiger partial charge in [-0.25, -0.2) is 12.8 Å². The Morgan fingerprint density at radius 3 is 2.65 bits per heavy atom. The summed E-state index contributed by atoms with van der Waals surface area (Å²) in [6.07, 6.45) is 0.573. The van der Waals surface area contributed by atoms with E-state index in [1.54, 1.807) is 7.05 Å². The van der Waals surface area contributed by atoms with Gasteiger partial charge >= 0.3 is 7.12 Å². The molecule has 2 N–H and O–H groups in total. The number of sulfone groups is 1. The van der Waals surface area contributed by atoms with E-state index in [4.69, 9.17) is 10.0 Å². The summed E-state index contributed by atoms with van der Waals surface area (Å²) in [4.78, 5) is 1.85. The number of rotatable bonds is 4. The molecule has 0 amide bonds. The van der Waals surface area contributed by atoms with Crippen LogP contribution < -0.4 is 5.46 Å². The van der Waals surface area contributed by atoms with E-state index in [0.29, 0.717) is 18.5 Å². The van der Waals surface area contributed by atoms with Gasteiger partial charge in [0.25, 0.3) is 0 Å². The molecule has 1 aromatic carbocycles. The van der Waals surface area contributed by atoms with Crippen LogP contribution in [0.4, 0.5) is 4.39 Å². The molecule has 1 atom stereocenters. The minimum Gasteiger partial charge on any atom is -0.423 e. The minimum atomic E-state index is -2.96. The molecule has 0 spiro atoms. The summed E-state index contributed by atoms with van der Waals surface area (Å²) in [5.41, 5.74) is 0.673. The van der Waals surface area contributed by atoms with Gasteiger partial charge in [-0.05, 0) is 36.6 Å². The lowest BCUT2D eigenvalue weighted by Gasteiger charge is -2.23. The van der Waals surface area contributed by atoms with Crippen molar-refractivity contribution in [3.8, 4) is 0 Å². The number of hydrogen-bond acceptors (Lipinski definition) is 5. The Bertz CT molecular complexity index is 593. The van der Waals surface area contributed by atoms with E-state index in [-0.39, 0.29) is 23.0 Å². The maximum absolute atomic E-state index is 13.4. The molecule has 1 fully saturated rings. The highest BCUT2D eigenvalue weighted by Crippen LogP contribution is 2.18. The minimum absolute atomic E-state index is 0.0780. The standard InChI is InChI=1S/C12H17BFNO4S/c1-15(12-2-3-20(18,19)8-12)7-9-4-10(13(16)17)6-11(14)5-9/h4-6,12,16-17H,2-3,7-8H2,1H3. The highest BCUT2D eigenvalue weighted by Gasteiger charge is 2.30. The summed E-state index contributed by atoms with van der Waals surface area (Å²) in [6.45, 7) is 0.359. The van der Waals surface area contributed by atoms with Crippen molar-refractivity contribution in [2.24, 2.45) is 0 Å². The first-order chi connectivity index (χ1) is 9.27. The van der Waals surface area contributed by atoms with Crippen LogP contribution in [-0.4, -0.2) is 55.1 Å². The largest absolute Gasteiger partial charge is 0.488 e. The SMILES string of the molecule is CN(Cc1cc(F)cc(B(O)O)c1)C1CCS(=O)(=O)C1. The monoisotopic (exact) mass is 301 g/mol. The average Bonchev–Trinajstić information content (AvgIpc) is 2.69. The van der Waals surface area contributed by atoms with Crippen LogP contribution in [0.25, 0.3) is 0 Å². The molecule has 110 valence electrons. The van der Waals surface area contributed by atoms with Crippen LogP contribution >= 0.6 is 0 Å². The lowest BCUT2D eigenvalue weighted by Crippen LogP contribution is -2.34. The van der Waals surface area contributed by atoms with Gasteiger partial charge in [0.05, 0.1) is 11.5 Å². The topological polar surface area (TPSA) is 77.8 Å². The lowest BCUT2D eigenvalue weighted by molar-refractivity contribution is 0.253. The summed E-state index contributed by atoms with van der Waals surface area (Å²) >= 11 is 0. The molecule has 1 heterocycles. The molecular formula is C12H17BFNO4S. The third-order valence-electron chi connectivity index (χ3n) is 3.54. The number of benzene rings is 1. The number of halogens is 1. The molecular weight excluding hydrogens is 284 g/mol. The Kier molecular flexibility index (Phi) is 4.48. The Morgan fingerprint density at radius 1 is 1.40 bits per heavy atom. The number of nitrogens with zero attached hydrogens (tertiary/aromatic N) is 1. The molecule has 0 aliphatic carbocycles. The van der Waals surface area contributed by atoms with Crippen LogP contribution in [0.5, 0.6) is 0 Å². The van der Waals surface area contributed by atoms with Crippen molar-refractivity contribution in [2.45, 2.75) is 19.0 Å². The highest BCUT2D eigenvalue weighted by molar-refractivity contribution is 7.91. The van der Waals surface area contributed by atoms with Gasteiger partial charge in [0.15, 0.2) is 9.84 Å². The summed E-state index contributed by atoms with van der Waals surface area (Å²) in [5.74, 6) is -0.238. The van der Waals surface area contributed by atoms with Crippen LogP contribution in [0, 0.1) is 5.82 Å². The zero-order valence-electron chi connectivity index (χ0n) is 11.2. The molecule has 5 nitrogen and oxygen atoms in total. The normalized spacial score (nSPS) is 21.4. The summed E-state index contributed by atoms with van der Waals surface area (Å²) in [7, 11) is -2.90. The van der Waals surface area contributed by atoms with Crippen molar-refractivity contribution < 1.29 is 22.9 Å². The van der Waals surface area contributed by atoms with Gasteiger partial charge in [-0.1, -0.05) is 6.07 Å². The van der Waals surface area contributed by atoms with Crippen LogP contribution in [0.1, 0.15) is 12.0 Å². The molecule has 0 saturated carbocycles. The fourth-order valence-electron chi connectivity index (χ4n) is 2.46. The average molecular weight is 301 g/mol. The predicted octanol–water partition coefficient (Wildman–Crippen LogP) is -0.876. The van der Waals surface area contributed by atoms with E-state index in [2.05, 4.69) is 0 Å². The van der Waals surface area contributed by atoms with Crippen molar-refractivity contribution in [3.05, 3.63) is 29.6 Å². The van der Waals surface area contributed by atoms with Gasteiger partial charge in [-0.3, -0.25) is 4.90 Å². The first kappa shape index (κ1) is 15.4. The van der Waals surface area contributed by atoms with Gasteiger partial charge in [0, 0.05) is 12.6 Å². The van der Waals surface area contributed by atoms with Gasteiger partial charge < -0.3 is 10.0 Å². The maximum Gasteiger partial charge on any atom is 0.488 e. The summed E-state index contributed by atoms with van der Waals surface area (Å²) < 4.78 is 36.3. The second-order valence-corrected chi connectivity index (χ2v) is 7.47. The first-order valence-electron chi connectivity index (χ1n) is 6.33.